The number of aromatic amines is 1. The number of nitrogens with zero attached hydrogens (tertiary/aromatic N) is 1. The number of anilines is 1. The molecule has 15 heteroatoms. The third kappa shape index (κ3) is 7.22. The first-order valence-corrected chi connectivity index (χ1v) is 12.3. The zero-order chi connectivity index (χ0) is 28.8. The number of phenols is 1. The molecule has 0 fully saturated rings. The number of hydrogen-bond acceptors (Lipinski definition) is 11. The number of amides is 1. The van der Waals surface area contributed by atoms with Crippen LogP contribution < -0.4 is 26.6 Å². The van der Waals surface area contributed by atoms with Crippen LogP contribution in [0.25, 0.3) is 10.9 Å². The first kappa shape index (κ1) is 28.7. The Morgan fingerprint density at radius 3 is 2.62 bits per heavy atom. The van der Waals surface area contributed by atoms with E-state index in [1.807, 2.05) is 0 Å². The Morgan fingerprint density at radius 1 is 1.15 bits per heavy atom. The molecule has 2 heterocycles. The lowest BCUT2D eigenvalue weighted by molar-refractivity contribution is -0.140. The molecule has 214 valence electrons. The fraction of sp³-hybridized carbons (Fsp3) is 0.320. The van der Waals surface area contributed by atoms with Gasteiger partial charge >= 0.3 is 5.97 Å². The number of halogens is 1. The number of rotatable bonds is 11. The summed E-state index contributed by atoms with van der Waals surface area (Å²) in [7, 11) is 0. The number of H-pyrrole nitrogens is 1. The number of aliphatic carboxylic acids is 1. The molecule has 0 bridgehead atoms. The van der Waals surface area contributed by atoms with E-state index in [-0.39, 0.29) is 28.9 Å². The molecular formula is C25H30FN7O7. The van der Waals surface area contributed by atoms with Crippen molar-refractivity contribution in [3.8, 4) is 5.75 Å². The summed E-state index contributed by atoms with van der Waals surface area (Å²) in [5.74, 6) is -2.58. The fourth-order valence-corrected chi connectivity index (χ4v) is 4.01. The maximum absolute atomic E-state index is 14.6. The number of β-amino-alcohol motifs (C(OH)–C–C–N with tert-alkyl or cyclic N) is 1. The van der Waals surface area contributed by atoms with Gasteiger partial charge in [0.25, 0.3) is 0 Å². The number of hydrogen-bond donors (Lipinski definition) is 11. The summed E-state index contributed by atoms with van der Waals surface area (Å²) in [6.07, 6.45) is -3.67. The lowest BCUT2D eigenvalue weighted by Crippen LogP contribution is -2.49. The van der Waals surface area contributed by atoms with E-state index in [2.05, 4.69) is 36.6 Å². The Bertz CT molecular complexity index is 1400. The lowest BCUT2D eigenvalue weighted by Gasteiger charge is -2.21. The topological polar surface area (TPSA) is 224 Å². The molecule has 0 aliphatic carbocycles. The fourth-order valence-electron chi connectivity index (χ4n) is 4.01. The van der Waals surface area contributed by atoms with Crippen LogP contribution in [-0.4, -0.2) is 86.7 Å². The van der Waals surface area contributed by atoms with Crippen LogP contribution in [0, 0.1) is 5.82 Å². The van der Waals surface area contributed by atoms with Gasteiger partial charge in [0, 0.05) is 41.3 Å². The molecule has 1 aliphatic rings. The molecule has 4 rings (SSSR count). The highest BCUT2D eigenvalue weighted by atomic mass is 19.1. The maximum Gasteiger partial charge on any atom is 0.322 e. The molecule has 0 saturated heterocycles. The van der Waals surface area contributed by atoms with Gasteiger partial charge in [-0.15, -0.1) is 0 Å². The molecule has 1 aromatic heterocycles. The Hall–Kier alpha value is -4.28. The molecule has 0 radical (unpaired) electrons. The Kier molecular flexibility index (Phi) is 9.13. The number of aliphatic hydroxyl groups excluding tert-OH is 3. The molecule has 14 nitrogen and oxygen atoms in total. The average Bonchev–Trinajstić information content (AvgIpc) is 3.27. The SMILES string of the molecule is O=C(CNC(O)c1cc(O)cc(NC2=NCC(O)CN2)c1)NCC(NC(O)c1[nH]c2ccccc2c1F)C(=O)O. The predicted molar refractivity (Wildman–Crippen MR) is 142 cm³/mol. The van der Waals surface area contributed by atoms with E-state index in [0.29, 0.717) is 23.7 Å². The van der Waals surface area contributed by atoms with Gasteiger partial charge in [0.2, 0.25) is 5.91 Å². The highest BCUT2D eigenvalue weighted by Crippen LogP contribution is 2.25. The van der Waals surface area contributed by atoms with E-state index in [9.17, 15) is 39.5 Å². The van der Waals surface area contributed by atoms with E-state index in [0.717, 1.165) is 0 Å². The highest BCUT2D eigenvalue weighted by Gasteiger charge is 2.26. The molecule has 11 N–H and O–H groups in total. The number of aliphatic hydroxyl groups is 3. The van der Waals surface area contributed by atoms with Crippen LogP contribution in [0.1, 0.15) is 23.7 Å². The number of phenolic OH excluding ortho intramolecular Hbond substituents is 1. The van der Waals surface area contributed by atoms with E-state index in [4.69, 9.17) is 0 Å². The molecule has 1 aliphatic heterocycles. The van der Waals surface area contributed by atoms with Crippen molar-refractivity contribution in [2.45, 2.75) is 24.6 Å². The largest absolute Gasteiger partial charge is 0.508 e. The van der Waals surface area contributed by atoms with Gasteiger partial charge in [0.15, 0.2) is 11.8 Å². The van der Waals surface area contributed by atoms with Crippen LogP contribution in [0.5, 0.6) is 5.75 Å². The van der Waals surface area contributed by atoms with Crippen molar-refractivity contribution >= 4 is 34.4 Å². The van der Waals surface area contributed by atoms with Crippen molar-refractivity contribution < 1.29 is 39.5 Å². The molecule has 4 atom stereocenters. The third-order valence-corrected chi connectivity index (χ3v) is 6.04. The lowest BCUT2D eigenvalue weighted by atomic mass is 10.1. The van der Waals surface area contributed by atoms with Gasteiger partial charge < -0.3 is 46.5 Å². The van der Waals surface area contributed by atoms with Crippen molar-refractivity contribution in [2.75, 3.05) is 31.5 Å². The minimum atomic E-state index is -1.70. The number of para-hydroxylation sites is 1. The van der Waals surface area contributed by atoms with E-state index < -0.39 is 55.4 Å². The van der Waals surface area contributed by atoms with Crippen molar-refractivity contribution in [2.24, 2.45) is 4.99 Å². The second-order valence-electron chi connectivity index (χ2n) is 9.11. The first-order chi connectivity index (χ1) is 19.1. The van der Waals surface area contributed by atoms with Crippen LogP contribution in [0.2, 0.25) is 0 Å². The number of aromatic hydroxyl groups is 1. The van der Waals surface area contributed by atoms with Crippen LogP contribution in [0.4, 0.5) is 10.1 Å². The van der Waals surface area contributed by atoms with Gasteiger partial charge in [-0.3, -0.25) is 25.2 Å². The normalized spacial score (nSPS) is 17.4. The summed E-state index contributed by atoms with van der Waals surface area (Å²) in [4.78, 5) is 30.8. The molecular weight excluding hydrogens is 529 g/mol. The van der Waals surface area contributed by atoms with Gasteiger partial charge in [0.1, 0.15) is 24.2 Å². The quantitative estimate of drug-likeness (QED) is 0.130. The predicted octanol–water partition coefficient (Wildman–Crippen LogP) is -0.825. The van der Waals surface area contributed by atoms with Crippen molar-refractivity contribution in [3.63, 3.8) is 0 Å². The van der Waals surface area contributed by atoms with E-state index in [1.54, 1.807) is 18.2 Å². The zero-order valence-corrected chi connectivity index (χ0v) is 21.1. The highest BCUT2D eigenvalue weighted by molar-refractivity contribution is 5.94. The van der Waals surface area contributed by atoms with Crippen LogP contribution in [-0.2, 0) is 9.59 Å². The van der Waals surface area contributed by atoms with E-state index in [1.165, 1.54) is 24.3 Å². The van der Waals surface area contributed by atoms with Crippen LogP contribution in [0.15, 0.2) is 47.5 Å². The molecule has 3 aromatic rings. The molecule has 2 aromatic carbocycles. The number of carbonyl (C=O) groups is 2. The number of carboxylic acids is 1. The molecule has 1 amide bonds. The number of guanidine groups is 1. The molecule has 0 saturated carbocycles. The number of aliphatic imine (C=N–C) groups is 1. The first-order valence-electron chi connectivity index (χ1n) is 12.3. The van der Waals surface area contributed by atoms with Crippen LogP contribution in [0.3, 0.4) is 0 Å². The summed E-state index contributed by atoms with van der Waals surface area (Å²) in [5.41, 5.74) is 0.797. The maximum atomic E-state index is 14.6. The monoisotopic (exact) mass is 559 g/mol. The number of nitrogens with one attached hydrogen (secondary N) is 6. The van der Waals surface area contributed by atoms with Crippen LogP contribution >= 0.6 is 0 Å². The molecule has 4 unspecified atom stereocenters. The second kappa shape index (κ2) is 12.7. The average molecular weight is 560 g/mol. The van der Waals surface area contributed by atoms with Gasteiger partial charge in [0.05, 0.1) is 24.9 Å². The standard InChI is InChI=1S/C25H30FN7O7/c26-20-16-3-1-2-4-17(16)32-21(20)23(38)33-18(24(39)40)10-27-19(36)11-28-22(37)12-5-13(7-14(34)6-12)31-25-29-8-15(35)9-30-25/h1-7,15,18,22-23,28,32-35,37-38H,8-11H2,(H,27,36)(H,39,40)(H2,29,30,31). The smallest absolute Gasteiger partial charge is 0.322 e. The Labute approximate surface area is 226 Å². The van der Waals surface area contributed by atoms with Crippen molar-refractivity contribution in [3.05, 3.63) is 59.5 Å². The minimum Gasteiger partial charge on any atom is -0.508 e. The van der Waals surface area contributed by atoms with Crippen molar-refractivity contribution in [1.29, 1.82) is 0 Å². The second-order valence-corrected chi connectivity index (χ2v) is 9.11. The zero-order valence-electron chi connectivity index (χ0n) is 21.1. The number of fused-ring (bicyclic) bond motifs is 1. The Balaban J connectivity index is 1.29. The number of aromatic nitrogens is 1. The van der Waals surface area contributed by atoms with Gasteiger partial charge in [-0.25, -0.2) is 4.39 Å². The Morgan fingerprint density at radius 2 is 1.93 bits per heavy atom. The van der Waals surface area contributed by atoms with Gasteiger partial charge in [-0.05, 0) is 24.3 Å². The summed E-state index contributed by atoms with van der Waals surface area (Å²) in [6, 6.07) is 9.14. The van der Waals surface area contributed by atoms with E-state index >= 15 is 0 Å². The van der Waals surface area contributed by atoms with Gasteiger partial charge in [-0.2, -0.15) is 0 Å². The summed E-state index contributed by atoms with van der Waals surface area (Å²) in [5, 5.41) is 63.2. The summed E-state index contributed by atoms with van der Waals surface area (Å²) < 4.78 is 14.6. The summed E-state index contributed by atoms with van der Waals surface area (Å²) in [6.45, 7) is -0.364. The van der Waals surface area contributed by atoms with Crippen molar-refractivity contribution in [1.82, 2.24) is 26.3 Å². The number of benzene rings is 2. The molecule has 40 heavy (non-hydrogen) atoms. The third-order valence-electron chi connectivity index (χ3n) is 6.04. The minimum absolute atomic E-state index is 0.165. The van der Waals surface area contributed by atoms with Gasteiger partial charge in [-0.1, -0.05) is 12.1 Å². The number of carbonyl (C=O) groups excluding carboxylic acids is 1. The molecule has 0 spiro atoms. The number of carboxylic acid groups (broad SMARTS) is 1. The summed E-state index contributed by atoms with van der Waals surface area (Å²) >= 11 is 0.